The molecule has 85 heavy (non-hydrogen) atoms. The van der Waals surface area contributed by atoms with E-state index >= 15 is 0 Å². The maximum atomic E-state index is 12.6. The molecule has 0 heterocycles. The Morgan fingerprint density at radius 1 is 0.318 bits per heavy atom. The molecule has 2 unspecified atom stereocenters. The Labute approximate surface area is 533 Å². The molecule has 0 aliphatic carbocycles. The highest BCUT2D eigenvalue weighted by Crippen LogP contribution is 2.20. The zero-order valence-electron chi connectivity index (χ0n) is 58.1. The van der Waals surface area contributed by atoms with Crippen molar-refractivity contribution in [2.24, 2.45) is 0 Å². The predicted octanol–water partition coefficient (Wildman–Crippen LogP) is 25.9. The van der Waals surface area contributed by atoms with Crippen molar-refractivity contribution in [3.8, 4) is 0 Å². The lowest BCUT2D eigenvalue weighted by atomic mass is 10.0. The highest BCUT2D eigenvalue weighted by atomic mass is 16.5. The standard InChI is InChI=1S/C79H155NO5/c1-3-5-7-9-11-13-15-17-19-21-22-34-37-40-43-47-51-55-59-63-67-71-77(82)76(75-81)80-78(83)72-68-64-60-56-52-48-44-41-38-35-32-30-28-26-24-23-25-27-29-31-33-36-39-42-46-50-54-58-62-66-70-74-85-79(84)73-69-65-61-57-53-49-45-20-18-16-14-12-10-8-6-4-2/h25,27,76-77,81-82H,3-24,26,28-75H2,1-2H3,(H,80,83)/b27-25-. The largest absolute Gasteiger partial charge is 0.466 e. The van der Waals surface area contributed by atoms with E-state index in [-0.39, 0.29) is 18.5 Å². The smallest absolute Gasteiger partial charge is 0.305 e. The third-order valence-corrected chi connectivity index (χ3v) is 18.8. The monoisotopic (exact) mass is 1200 g/mol. The van der Waals surface area contributed by atoms with E-state index in [1.54, 1.807) is 0 Å². The van der Waals surface area contributed by atoms with Crippen molar-refractivity contribution in [1.82, 2.24) is 5.32 Å². The Morgan fingerprint density at radius 2 is 0.553 bits per heavy atom. The molecule has 506 valence electrons. The van der Waals surface area contributed by atoms with Crippen LogP contribution in [0.4, 0.5) is 0 Å². The van der Waals surface area contributed by atoms with Gasteiger partial charge in [-0.3, -0.25) is 9.59 Å². The lowest BCUT2D eigenvalue weighted by Crippen LogP contribution is -2.45. The molecule has 0 bridgehead atoms. The first-order chi connectivity index (χ1) is 42.0. The average molecular weight is 1200 g/mol. The van der Waals surface area contributed by atoms with Gasteiger partial charge in [-0.1, -0.05) is 405 Å². The van der Waals surface area contributed by atoms with Crippen LogP contribution in [0.1, 0.15) is 457 Å². The molecule has 0 spiro atoms. The lowest BCUT2D eigenvalue weighted by Gasteiger charge is -2.22. The van der Waals surface area contributed by atoms with E-state index in [1.807, 2.05) is 0 Å². The first-order valence-electron chi connectivity index (χ1n) is 39.4. The van der Waals surface area contributed by atoms with Crippen LogP contribution in [0, 0.1) is 0 Å². The van der Waals surface area contributed by atoms with Crippen LogP contribution >= 0.6 is 0 Å². The summed E-state index contributed by atoms with van der Waals surface area (Å²) in [5.74, 6) is -0.00480. The van der Waals surface area contributed by atoms with Crippen molar-refractivity contribution in [3.63, 3.8) is 0 Å². The minimum Gasteiger partial charge on any atom is -0.466 e. The highest BCUT2D eigenvalue weighted by Gasteiger charge is 2.20. The molecule has 2 atom stereocenters. The van der Waals surface area contributed by atoms with E-state index in [1.165, 1.54) is 385 Å². The van der Waals surface area contributed by atoms with Crippen LogP contribution in [-0.2, 0) is 14.3 Å². The van der Waals surface area contributed by atoms with Gasteiger partial charge in [-0.15, -0.1) is 0 Å². The van der Waals surface area contributed by atoms with E-state index < -0.39 is 12.1 Å². The normalized spacial score (nSPS) is 12.5. The average Bonchev–Trinajstić information content (AvgIpc) is 3.50. The third-order valence-electron chi connectivity index (χ3n) is 18.8. The van der Waals surface area contributed by atoms with Crippen molar-refractivity contribution in [2.75, 3.05) is 13.2 Å². The summed E-state index contributed by atoms with van der Waals surface area (Å²) >= 11 is 0. The van der Waals surface area contributed by atoms with E-state index in [0.29, 0.717) is 25.9 Å². The van der Waals surface area contributed by atoms with Crippen LogP contribution < -0.4 is 5.32 Å². The van der Waals surface area contributed by atoms with Gasteiger partial charge in [0.05, 0.1) is 25.4 Å². The number of aliphatic hydroxyl groups excluding tert-OH is 2. The van der Waals surface area contributed by atoms with E-state index in [4.69, 9.17) is 4.74 Å². The van der Waals surface area contributed by atoms with Gasteiger partial charge in [0.15, 0.2) is 0 Å². The molecular formula is C79H155NO5. The molecular weight excluding hydrogens is 1040 g/mol. The number of amides is 1. The Morgan fingerprint density at radius 3 is 0.835 bits per heavy atom. The number of carbonyl (C=O) groups excluding carboxylic acids is 2. The molecule has 1 amide bonds. The molecule has 0 aliphatic rings. The number of esters is 1. The molecule has 0 saturated carbocycles. The number of allylic oxidation sites excluding steroid dienone is 2. The van der Waals surface area contributed by atoms with E-state index in [2.05, 4.69) is 31.3 Å². The van der Waals surface area contributed by atoms with Gasteiger partial charge in [-0.05, 0) is 51.4 Å². The van der Waals surface area contributed by atoms with E-state index in [0.717, 1.165) is 38.5 Å². The van der Waals surface area contributed by atoms with Gasteiger partial charge in [-0.2, -0.15) is 0 Å². The van der Waals surface area contributed by atoms with Gasteiger partial charge in [0.2, 0.25) is 5.91 Å². The molecule has 0 aromatic rings. The summed E-state index contributed by atoms with van der Waals surface area (Å²) in [5, 5.41) is 23.5. The summed E-state index contributed by atoms with van der Waals surface area (Å²) < 4.78 is 5.51. The zero-order valence-corrected chi connectivity index (χ0v) is 58.1. The molecule has 0 aliphatic heterocycles. The highest BCUT2D eigenvalue weighted by molar-refractivity contribution is 5.76. The van der Waals surface area contributed by atoms with Gasteiger partial charge in [0, 0.05) is 12.8 Å². The van der Waals surface area contributed by atoms with Gasteiger partial charge < -0.3 is 20.3 Å². The summed E-state index contributed by atoms with van der Waals surface area (Å²) in [6.45, 7) is 5.01. The quantitative estimate of drug-likeness (QED) is 0.0320. The number of rotatable bonds is 75. The molecule has 0 rings (SSSR count). The third kappa shape index (κ3) is 71.6. The Bertz CT molecular complexity index is 1290. The summed E-state index contributed by atoms with van der Waals surface area (Å²) in [6.07, 6.45) is 94.4. The lowest BCUT2D eigenvalue weighted by molar-refractivity contribution is -0.143. The summed E-state index contributed by atoms with van der Waals surface area (Å²) in [4.78, 5) is 24.7. The molecule has 3 N–H and O–H groups in total. The van der Waals surface area contributed by atoms with Crippen molar-refractivity contribution in [3.05, 3.63) is 12.2 Å². The minimum atomic E-state index is -0.663. The number of ether oxygens (including phenoxy) is 1. The van der Waals surface area contributed by atoms with Crippen LogP contribution in [0.2, 0.25) is 0 Å². The molecule has 0 aromatic carbocycles. The second-order valence-corrected chi connectivity index (χ2v) is 27.4. The van der Waals surface area contributed by atoms with Crippen molar-refractivity contribution < 1.29 is 24.5 Å². The zero-order chi connectivity index (χ0) is 61.3. The molecule has 0 aromatic heterocycles. The number of carbonyl (C=O) groups is 2. The van der Waals surface area contributed by atoms with Crippen LogP contribution in [0.25, 0.3) is 0 Å². The summed E-state index contributed by atoms with van der Waals surface area (Å²) in [5.41, 5.74) is 0. The Kier molecular flexibility index (Phi) is 73.8. The Hall–Kier alpha value is -1.40. The number of unbranched alkanes of at least 4 members (excludes halogenated alkanes) is 62. The van der Waals surface area contributed by atoms with Crippen LogP contribution in [-0.4, -0.2) is 47.4 Å². The van der Waals surface area contributed by atoms with Crippen molar-refractivity contribution >= 4 is 11.9 Å². The molecule has 0 fully saturated rings. The Balaban J connectivity index is 3.35. The summed E-state index contributed by atoms with van der Waals surface area (Å²) in [7, 11) is 0. The maximum Gasteiger partial charge on any atom is 0.305 e. The number of aliphatic hydroxyl groups is 2. The minimum absolute atomic E-state index is 0.0225. The number of hydrogen-bond acceptors (Lipinski definition) is 5. The van der Waals surface area contributed by atoms with Gasteiger partial charge in [-0.25, -0.2) is 0 Å². The molecule has 6 nitrogen and oxygen atoms in total. The second kappa shape index (κ2) is 75.1. The van der Waals surface area contributed by atoms with E-state index in [9.17, 15) is 19.8 Å². The van der Waals surface area contributed by atoms with Gasteiger partial charge in [0.1, 0.15) is 0 Å². The van der Waals surface area contributed by atoms with Gasteiger partial charge >= 0.3 is 5.97 Å². The fraction of sp³-hybridized carbons (Fsp3) is 0.949. The van der Waals surface area contributed by atoms with Crippen molar-refractivity contribution in [1.29, 1.82) is 0 Å². The van der Waals surface area contributed by atoms with Gasteiger partial charge in [0.25, 0.3) is 0 Å². The first kappa shape index (κ1) is 83.6. The van der Waals surface area contributed by atoms with Crippen LogP contribution in [0.3, 0.4) is 0 Å². The first-order valence-corrected chi connectivity index (χ1v) is 39.4. The second-order valence-electron chi connectivity index (χ2n) is 27.4. The molecule has 6 heteroatoms. The predicted molar refractivity (Wildman–Crippen MR) is 375 cm³/mol. The van der Waals surface area contributed by atoms with Crippen LogP contribution in [0.15, 0.2) is 12.2 Å². The van der Waals surface area contributed by atoms with Crippen molar-refractivity contribution in [2.45, 2.75) is 469 Å². The SMILES string of the molecule is CCCCCCCCCCCCCCCCCCCCCCCC(O)C(CO)NC(=O)CCCCCCCCCCCCCCCCC/C=C\CCCCCCCCCCCCCCOC(=O)CCCCCCCCCCCCCCCCCC. The van der Waals surface area contributed by atoms with Crippen LogP contribution in [0.5, 0.6) is 0 Å². The topological polar surface area (TPSA) is 95.9 Å². The number of nitrogens with one attached hydrogen (secondary N) is 1. The maximum absolute atomic E-state index is 12.6. The molecule has 0 saturated heterocycles. The fourth-order valence-electron chi connectivity index (χ4n) is 12.8. The molecule has 0 radical (unpaired) electrons. The summed E-state index contributed by atoms with van der Waals surface area (Å²) in [6, 6.07) is -0.540. The fourth-order valence-corrected chi connectivity index (χ4v) is 12.8. The number of hydrogen-bond donors (Lipinski definition) is 3.